The number of aromatic nitrogens is 2. The number of benzene rings is 2. The predicted molar refractivity (Wildman–Crippen MR) is 148 cm³/mol. The van der Waals surface area contributed by atoms with Gasteiger partial charge in [-0.25, -0.2) is 0 Å². The Morgan fingerprint density at radius 1 is 0.763 bits per heavy atom. The molecule has 0 atom stereocenters. The maximum atomic E-state index is 12.9. The second kappa shape index (κ2) is 11.5. The molecule has 8 nitrogen and oxygen atoms in total. The number of hydrogen-bond acceptors (Lipinski definition) is 7. The molecule has 3 aliphatic rings. The Morgan fingerprint density at radius 2 is 1.47 bits per heavy atom. The molecule has 1 aromatic heterocycles. The molecule has 38 heavy (non-hydrogen) atoms. The minimum atomic E-state index is 0.274. The normalized spacial score (nSPS) is 19.3. The Balaban J connectivity index is 0.964. The molecular weight excluding hydrogens is 476 g/mol. The summed E-state index contributed by atoms with van der Waals surface area (Å²) in [5, 5.41) is 8.99. The molecule has 2 aliphatic heterocycles. The molecule has 0 spiro atoms. The highest BCUT2D eigenvalue weighted by Crippen LogP contribution is 2.26. The van der Waals surface area contributed by atoms with Crippen LogP contribution in [0, 0.1) is 0 Å². The Labute approximate surface area is 224 Å². The van der Waals surface area contributed by atoms with Crippen molar-refractivity contribution in [3.05, 3.63) is 66.7 Å². The van der Waals surface area contributed by atoms with Crippen molar-refractivity contribution in [1.82, 2.24) is 24.9 Å². The minimum Gasteiger partial charge on any atom is -0.457 e. The zero-order valence-corrected chi connectivity index (χ0v) is 21.9. The van der Waals surface area contributed by atoms with Gasteiger partial charge in [0.2, 0.25) is 5.91 Å². The molecular formula is C30H36N6O2. The average Bonchev–Trinajstić information content (AvgIpc) is 2.94. The number of para-hydroxylation sites is 1. The SMILES string of the molecule is O=C(CN1CCN(c2ccc(-c3ccc(Oc4ccccc4)cc3)nn2)CC1)N1CCN(C2CCC2)CC1. The molecule has 1 aliphatic carbocycles. The van der Waals surface area contributed by atoms with Crippen LogP contribution >= 0.6 is 0 Å². The van der Waals surface area contributed by atoms with Crippen LogP contribution in [0.1, 0.15) is 19.3 Å². The van der Waals surface area contributed by atoms with Gasteiger partial charge in [-0.15, -0.1) is 10.2 Å². The first-order chi connectivity index (χ1) is 18.7. The second-order valence-corrected chi connectivity index (χ2v) is 10.5. The minimum absolute atomic E-state index is 0.274. The largest absolute Gasteiger partial charge is 0.457 e. The summed E-state index contributed by atoms with van der Waals surface area (Å²) in [7, 11) is 0. The number of piperazine rings is 2. The van der Waals surface area contributed by atoms with Crippen LogP contribution in [0.2, 0.25) is 0 Å². The fraction of sp³-hybridized carbons (Fsp3) is 0.433. The lowest BCUT2D eigenvalue weighted by Gasteiger charge is -2.43. The molecule has 198 valence electrons. The van der Waals surface area contributed by atoms with E-state index in [1.165, 1.54) is 19.3 Å². The van der Waals surface area contributed by atoms with Gasteiger partial charge in [-0.2, -0.15) is 0 Å². The summed E-state index contributed by atoms with van der Waals surface area (Å²) in [6.45, 7) is 7.76. The van der Waals surface area contributed by atoms with Crippen LogP contribution in [0.15, 0.2) is 66.7 Å². The summed E-state index contributed by atoms with van der Waals surface area (Å²) < 4.78 is 5.88. The molecule has 2 saturated heterocycles. The third-order valence-electron chi connectivity index (χ3n) is 8.09. The van der Waals surface area contributed by atoms with Gasteiger partial charge in [0, 0.05) is 64.0 Å². The van der Waals surface area contributed by atoms with Crippen LogP contribution in [0.3, 0.4) is 0 Å². The number of carbonyl (C=O) groups excluding carboxylic acids is 1. The fourth-order valence-electron chi connectivity index (χ4n) is 5.48. The third kappa shape index (κ3) is 5.81. The van der Waals surface area contributed by atoms with E-state index in [1.807, 2.05) is 66.7 Å². The van der Waals surface area contributed by atoms with Crippen LogP contribution < -0.4 is 9.64 Å². The van der Waals surface area contributed by atoms with Gasteiger partial charge in [-0.3, -0.25) is 14.6 Å². The van der Waals surface area contributed by atoms with E-state index >= 15 is 0 Å². The highest BCUT2D eigenvalue weighted by Gasteiger charge is 2.30. The van der Waals surface area contributed by atoms with Crippen molar-refractivity contribution in [3.8, 4) is 22.8 Å². The maximum Gasteiger partial charge on any atom is 0.236 e. The number of hydrogen-bond donors (Lipinski definition) is 0. The van der Waals surface area contributed by atoms with Crippen molar-refractivity contribution in [1.29, 1.82) is 0 Å². The summed E-state index contributed by atoms with van der Waals surface area (Å²) >= 11 is 0. The Hall–Kier alpha value is -3.49. The van der Waals surface area contributed by atoms with Crippen LogP contribution in [0.5, 0.6) is 11.5 Å². The van der Waals surface area contributed by atoms with E-state index in [-0.39, 0.29) is 5.91 Å². The van der Waals surface area contributed by atoms with Crippen molar-refractivity contribution < 1.29 is 9.53 Å². The van der Waals surface area contributed by atoms with Crippen molar-refractivity contribution in [2.24, 2.45) is 0 Å². The van der Waals surface area contributed by atoms with E-state index in [4.69, 9.17) is 4.74 Å². The molecule has 1 amide bonds. The molecule has 1 saturated carbocycles. The summed E-state index contributed by atoms with van der Waals surface area (Å²) in [5.74, 6) is 2.76. The molecule has 0 unspecified atom stereocenters. The average molecular weight is 513 g/mol. The van der Waals surface area contributed by atoms with E-state index in [1.54, 1.807) is 0 Å². The van der Waals surface area contributed by atoms with Gasteiger partial charge in [-0.1, -0.05) is 24.6 Å². The van der Waals surface area contributed by atoms with Crippen LogP contribution in [0.4, 0.5) is 5.82 Å². The molecule has 2 aromatic carbocycles. The van der Waals surface area contributed by atoms with Crippen LogP contribution in [-0.4, -0.2) is 95.7 Å². The summed E-state index contributed by atoms with van der Waals surface area (Å²) in [5.41, 5.74) is 1.84. The maximum absolute atomic E-state index is 12.9. The molecule has 8 heteroatoms. The van der Waals surface area contributed by atoms with E-state index in [0.717, 1.165) is 87.0 Å². The van der Waals surface area contributed by atoms with E-state index in [9.17, 15) is 4.79 Å². The molecule has 3 heterocycles. The van der Waals surface area contributed by atoms with Crippen molar-refractivity contribution in [3.63, 3.8) is 0 Å². The summed E-state index contributed by atoms with van der Waals surface area (Å²) in [6.07, 6.45) is 4.04. The van der Waals surface area contributed by atoms with Gasteiger partial charge >= 0.3 is 0 Å². The Kier molecular flexibility index (Phi) is 7.51. The molecule has 3 fully saturated rings. The molecule has 3 aromatic rings. The quantitative estimate of drug-likeness (QED) is 0.478. The molecule has 0 bridgehead atoms. The lowest BCUT2D eigenvalue weighted by molar-refractivity contribution is -0.134. The monoisotopic (exact) mass is 512 g/mol. The third-order valence-corrected chi connectivity index (χ3v) is 8.09. The standard InChI is InChI=1S/C30H36N6O2/c37-30(36-21-19-34(20-22-36)25-5-4-6-25)23-33-15-17-35(18-16-33)29-14-13-28(31-32-29)24-9-11-27(12-10-24)38-26-7-2-1-3-8-26/h1-3,7-14,25H,4-6,15-23H2. The Morgan fingerprint density at radius 3 is 2.11 bits per heavy atom. The smallest absolute Gasteiger partial charge is 0.236 e. The predicted octanol–water partition coefficient (Wildman–Crippen LogP) is 3.75. The highest BCUT2D eigenvalue weighted by atomic mass is 16.5. The molecule has 0 radical (unpaired) electrons. The van der Waals surface area contributed by atoms with Crippen LogP contribution in [-0.2, 0) is 4.79 Å². The number of nitrogens with zero attached hydrogens (tertiary/aromatic N) is 6. The topological polar surface area (TPSA) is 65.0 Å². The van der Waals surface area contributed by atoms with Gasteiger partial charge in [-0.05, 0) is 61.4 Å². The van der Waals surface area contributed by atoms with Crippen molar-refractivity contribution >= 4 is 11.7 Å². The number of ether oxygens (including phenoxy) is 1. The zero-order valence-electron chi connectivity index (χ0n) is 21.9. The number of rotatable bonds is 7. The Bertz CT molecular complexity index is 1180. The van der Waals surface area contributed by atoms with Gasteiger partial charge in [0.1, 0.15) is 11.5 Å². The summed E-state index contributed by atoms with van der Waals surface area (Å²) in [6, 6.07) is 22.5. The fourth-order valence-corrected chi connectivity index (χ4v) is 5.48. The number of amides is 1. The first-order valence-corrected chi connectivity index (χ1v) is 13.9. The van der Waals surface area contributed by atoms with E-state index in [2.05, 4.69) is 29.8 Å². The lowest BCUT2D eigenvalue weighted by atomic mass is 9.91. The van der Waals surface area contributed by atoms with Gasteiger partial charge in [0.25, 0.3) is 0 Å². The second-order valence-electron chi connectivity index (χ2n) is 10.5. The van der Waals surface area contributed by atoms with E-state index < -0.39 is 0 Å². The first kappa shape index (κ1) is 24.8. The van der Waals surface area contributed by atoms with Crippen LogP contribution in [0.25, 0.3) is 11.3 Å². The first-order valence-electron chi connectivity index (χ1n) is 13.9. The highest BCUT2D eigenvalue weighted by molar-refractivity contribution is 5.78. The molecule has 6 rings (SSSR count). The van der Waals surface area contributed by atoms with Crippen molar-refractivity contribution in [2.75, 3.05) is 63.8 Å². The van der Waals surface area contributed by atoms with Gasteiger partial charge in [0.05, 0.1) is 12.2 Å². The number of anilines is 1. The van der Waals surface area contributed by atoms with E-state index in [0.29, 0.717) is 6.54 Å². The van der Waals surface area contributed by atoms with Gasteiger partial charge < -0.3 is 14.5 Å². The lowest BCUT2D eigenvalue weighted by Crippen LogP contribution is -2.56. The summed E-state index contributed by atoms with van der Waals surface area (Å²) in [4.78, 5) is 22.1. The van der Waals surface area contributed by atoms with Gasteiger partial charge in [0.15, 0.2) is 5.82 Å². The zero-order chi connectivity index (χ0) is 25.7. The van der Waals surface area contributed by atoms with Crippen molar-refractivity contribution in [2.45, 2.75) is 25.3 Å². The molecule has 0 N–H and O–H groups in total. The number of carbonyl (C=O) groups is 1.